The van der Waals surface area contributed by atoms with Gasteiger partial charge in [-0.3, -0.25) is 0 Å². The van der Waals surface area contributed by atoms with E-state index in [9.17, 15) is 4.79 Å². The molecule has 0 heterocycles. The van der Waals surface area contributed by atoms with Crippen molar-refractivity contribution in [3.8, 4) is 0 Å². The van der Waals surface area contributed by atoms with Crippen molar-refractivity contribution in [1.82, 2.24) is 10.6 Å². The Morgan fingerprint density at radius 2 is 1.95 bits per heavy atom. The molecule has 0 aliphatic heterocycles. The minimum atomic E-state index is -0.187. The summed E-state index contributed by atoms with van der Waals surface area (Å²) in [6.07, 6.45) is 3.59. The Bertz CT molecular complexity index is 362. The van der Waals surface area contributed by atoms with Gasteiger partial charge in [0.25, 0.3) is 0 Å². The Labute approximate surface area is 123 Å². The summed E-state index contributed by atoms with van der Waals surface area (Å²) in [5, 5.41) is 8.47. The largest absolute Gasteiger partial charge is 0.341 e. The molecular weight excluding hydrogens is 250 g/mol. The van der Waals surface area contributed by atoms with Gasteiger partial charge in [-0.15, -0.1) is 0 Å². The molecule has 2 amide bonds. The minimum absolute atomic E-state index is 0.187. The van der Waals surface area contributed by atoms with Gasteiger partial charge in [0.1, 0.15) is 0 Å². The van der Waals surface area contributed by atoms with Crippen LogP contribution in [-0.4, -0.2) is 26.2 Å². The van der Waals surface area contributed by atoms with Crippen LogP contribution in [-0.2, 0) is 6.42 Å². The van der Waals surface area contributed by atoms with Gasteiger partial charge in [-0.2, -0.15) is 0 Å². The van der Waals surface area contributed by atoms with Crippen molar-refractivity contribution in [2.24, 2.45) is 0 Å². The summed E-state index contributed by atoms with van der Waals surface area (Å²) >= 11 is 0. The molecule has 0 radical (unpaired) electrons. The highest BCUT2D eigenvalue weighted by molar-refractivity contribution is 5.89. The van der Waals surface area contributed by atoms with Gasteiger partial charge in [-0.1, -0.05) is 39.3 Å². The van der Waals surface area contributed by atoms with E-state index in [-0.39, 0.29) is 6.03 Å². The number of amides is 2. The first-order valence-electron chi connectivity index (χ1n) is 7.46. The molecule has 0 aliphatic carbocycles. The number of rotatable bonds is 6. The van der Waals surface area contributed by atoms with Crippen molar-refractivity contribution < 1.29 is 4.79 Å². The Morgan fingerprint density at radius 1 is 1.20 bits per heavy atom. The lowest BCUT2D eigenvalue weighted by Gasteiger charge is -2.05. The standard InChI is InChI=1S/C10H14N2O.C6H15N/c1-3-8-5-4-6-9(7-8)12-10(13)11-2;1-3-5-6-7-4-2/h4-7H,3H2,1-2H3,(H2,11,12,13);7H,3-6H2,1-2H3. The lowest BCUT2D eigenvalue weighted by atomic mass is 10.1. The molecule has 20 heavy (non-hydrogen) atoms. The Morgan fingerprint density at radius 3 is 2.50 bits per heavy atom. The molecule has 4 heteroatoms. The van der Waals surface area contributed by atoms with Gasteiger partial charge in [0.05, 0.1) is 0 Å². The number of anilines is 1. The summed E-state index contributed by atoms with van der Waals surface area (Å²) < 4.78 is 0. The van der Waals surface area contributed by atoms with E-state index < -0.39 is 0 Å². The third-order valence-electron chi connectivity index (χ3n) is 2.78. The maximum absolute atomic E-state index is 11.0. The quantitative estimate of drug-likeness (QED) is 0.699. The molecule has 0 saturated carbocycles. The van der Waals surface area contributed by atoms with E-state index in [1.54, 1.807) is 7.05 Å². The first kappa shape index (κ1) is 18.4. The minimum Gasteiger partial charge on any atom is -0.341 e. The van der Waals surface area contributed by atoms with Gasteiger partial charge in [0.15, 0.2) is 0 Å². The molecule has 3 N–H and O–H groups in total. The summed E-state index contributed by atoms with van der Waals surface area (Å²) in [7, 11) is 1.60. The smallest absolute Gasteiger partial charge is 0.318 e. The lowest BCUT2D eigenvalue weighted by Crippen LogP contribution is -2.24. The van der Waals surface area contributed by atoms with Crippen LogP contribution in [0.1, 0.15) is 39.2 Å². The van der Waals surface area contributed by atoms with Crippen LogP contribution in [0.5, 0.6) is 0 Å². The summed E-state index contributed by atoms with van der Waals surface area (Å²) in [6, 6.07) is 7.62. The fourth-order valence-electron chi connectivity index (χ4n) is 1.54. The number of nitrogens with one attached hydrogen (secondary N) is 3. The second-order valence-electron chi connectivity index (χ2n) is 4.47. The molecule has 0 unspecified atom stereocenters. The van der Waals surface area contributed by atoms with Crippen LogP contribution in [0.25, 0.3) is 0 Å². The predicted octanol–water partition coefficient (Wildman–Crippen LogP) is 3.40. The van der Waals surface area contributed by atoms with Crippen LogP contribution in [0.4, 0.5) is 10.5 Å². The number of aryl methyl sites for hydroxylation is 1. The maximum Gasteiger partial charge on any atom is 0.318 e. The number of benzene rings is 1. The fourth-order valence-corrected chi connectivity index (χ4v) is 1.54. The van der Waals surface area contributed by atoms with Crippen LogP contribution >= 0.6 is 0 Å². The highest BCUT2D eigenvalue weighted by Crippen LogP contribution is 2.10. The highest BCUT2D eigenvalue weighted by Gasteiger charge is 1.97. The van der Waals surface area contributed by atoms with Gasteiger partial charge in [0.2, 0.25) is 0 Å². The Kier molecular flexibility index (Phi) is 11.5. The molecule has 1 aromatic carbocycles. The molecule has 0 saturated heterocycles. The van der Waals surface area contributed by atoms with Crippen LogP contribution in [0.3, 0.4) is 0 Å². The van der Waals surface area contributed by atoms with Gasteiger partial charge in [-0.25, -0.2) is 4.79 Å². The average Bonchev–Trinajstić information content (AvgIpc) is 2.48. The van der Waals surface area contributed by atoms with Gasteiger partial charge in [-0.05, 0) is 43.6 Å². The zero-order valence-corrected chi connectivity index (χ0v) is 13.3. The zero-order valence-electron chi connectivity index (χ0n) is 13.3. The molecule has 1 aromatic rings. The number of carbonyl (C=O) groups is 1. The average molecular weight is 279 g/mol. The molecule has 0 fully saturated rings. The van der Waals surface area contributed by atoms with E-state index in [1.807, 2.05) is 24.3 Å². The van der Waals surface area contributed by atoms with Crippen molar-refractivity contribution in [3.05, 3.63) is 29.8 Å². The first-order chi connectivity index (χ1) is 9.67. The number of hydrogen-bond acceptors (Lipinski definition) is 2. The highest BCUT2D eigenvalue weighted by atomic mass is 16.2. The van der Waals surface area contributed by atoms with Crippen LogP contribution in [0, 0.1) is 0 Å². The molecular formula is C16H29N3O. The molecule has 1 rings (SSSR count). The van der Waals surface area contributed by atoms with E-state index in [4.69, 9.17) is 0 Å². The van der Waals surface area contributed by atoms with Gasteiger partial charge >= 0.3 is 6.03 Å². The van der Waals surface area contributed by atoms with E-state index in [2.05, 4.69) is 36.7 Å². The topological polar surface area (TPSA) is 53.2 Å². The van der Waals surface area contributed by atoms with Gasteiger partial charge < -0.3 is 16.0 Å². The molecule has 0 atom stereocenters. The monoisotopic (exact) mass is 279 g/mol. The van der Waals surface area contributed by atoms with Crippen LogP contribution < -0.4 is 16.0 Å². The number of carbonyl (C=O) groups excluding carboxylic acids is 1. The molecule has 114 valence electrons. The van der Waals surface area contributed by atoms with Crippen molar-refractivity contribution >= 4 is 11.7 Å². The maximum atomic E-state index is 11.0. The molecule has 4 nitrogen and oxygen atoms in total. The summed E-state index contributed by atoms with van der Waals surface area (Å²) in [6.45, 7) is 8.72. The number of unbranched alkanes of at least 4 members (excludes halogenated alkanes) is 1. The van der Waals surface area contributed by atoms with E-state index in [1.165, 1.54) is 24.9 Å². The number of urea groups is 1. The van der Waals surface area contributed by atoms with Crippen molar-refractivity contribution in [3.63, 3.8) is 0 Å². The SMILES string of the molecule is CCCCNCC.CCc1cccc(NC(=O)NC)c1. The second kappa shape index (κ2) is 12.5. The Balaban J connectivity index is 0.000000441. The van der Waals surface area contributed by atoms with E-state index in [0.717, 1.165) is 18.7 Å². The fraction of sp³-hybridized carbons (Fsp3) is 0.562. The summed E-state index contributed by atoms with van der Waals surface area (Å²) in [4.78, 5) is 11.0. The second-order valence-corrected chi connectivity index (χ2v) is 4.47. The normalized spacial score (nSPS) is 9.40. The van der Waals surface area contributed by atoms with Gasteiger partial charge in [0, 0.05) is 12.7 Å². The van der Waals surface area contributed by atoms with E-state index >= 15 is 0 Å². The molecule has 0 aromatic heterocycles. The molecule has 0 spiro atoms. The zero-order chi connectivity index (χ0) is 15.2. The van der Waals surface area contributed by atoms with E-state index in [0.29, 0.717) is 0 Å². The molecule has 0 aliphatic rings. The van der Waals surface area contributed by atoms with Crippen molar-refractivity contribution in [2.75, 3.05) is 25.5 Å². The van der Waals surface area contributed by atoms with Crippen molar-refractivity contribution in [1.29, 1.82) is 0 Å². The Hall–Kier alpha value is -1.55. The van der Waals surface area contributed by atoms with Crippen LogP contribution in [0.15, 0.2) is 24.3 Å². The van der Waals surface area contributed by atoms with Crippen LogP contribution in [0.2, 0.25) is 0 Å². The number of hydrogen-bond donors (Lipinski definition) is 3. The van der Waals surface area contributed by atoms with Crippen molar-refractivity contribution in [2.45, 2.75) is 40.0 Å². The summed E-state index contributed by atoms with van der Waals surface area (Å²) in [5.41, 5.74) is 2.05. The summed E-state index contributed by atoms with van der Waals surface area (Å²) in [5.74, 6) is 0. The lowest BCUT2D eigenvalue weighted by molar-refractivity contribution is 0.254. The third kappa shape index (κ3) is 9.39. The third-order valence-corrected chi connectivity index (χ3v) is 2.78. The predicted molar refractivity (Wildman–Crippen MR) is 87.4 cm³/mol. The first-order valence-corrected chi connectivity index (χ1v) is 7.46. The molecule has 0 bridgehead atoms.